The topological polar surface area (TPSA) is 17.1 Å². The van der Waals surface area contributed by atoms with Crippen LogP contribution in [0.3, 0.4) is 0 Å². The van der Waals surface area contributed by atoms with Crippen LogP contribution in [0, 0.1) is 0 Å². The van der Waals surface area contributed by atoms with Crippen molar-refractivity contribution < 1.29 is 8.96 Å². The molecular formula is C6H10FOP. The van der Waals surface area contributed by atoms with E-state index in [9.17, 15) is 8.96 Å². The van der Waals surface area contributed by atoms with Crippen molar-refractivity contribution in [1.29, 1.82) is 0 Å². The molecule has 1 saturated carbocycles. The number of halogens is 1. The molecule has 2 unspecified atom stereocenters. The third kappa shape index (κ3) is 2.02. The van der Waals surface area contributed by atoms with Crippen LogP contribution in [0.5, 0.6) is 0 Å². The van der Waals surface area contributed by atoms with Crippen molar-refractivity contribution >= 4 is 8.46 Å². The maximum absolute atomic E-state index is 12.5. The van der Waals surface area contributed by atoms with Crippen LogP contribution in [-0.4, -0.2) is 11.8 Å². The lowest BCUT2D eigenvalue weighted by Crippen LogP contribution is -2.15. The molecule has 1 fully saturated rings. The van der Waals surface area contributed by atoms with Crippen molar-refractivity contribution in [2.24, 2.45) is 0 Å². The minimum absolute atomic E-state index is 0.105. The van der Waals surface area contributed by atoms with E-state index in [-0.39, 0.29) is 14.1 Å². The van der Waals surface area contributed by atoms with E-state index in [0.29, 0.717) is 12.8 Å². The molecule has 0 aromatic rings. The van der Waals surface area contributed by atoms with Gasteiger partial charge >= 0.3 is 0 Å². The molecule has 1 nitrogen and oxygen atoms in total. The summed E-state index contributed by atoms with van der Waals surface area (Å²) >= 11 is 0. The molecule has 0 aromatic heterocycles. The van der Waals surface area contributed by atoms with E-state index in [4.69, 9.17) is 0 Å². The summed E-state index contributed by atoms with van der Waals surface area (Å²) in [5, 5.41) is 0. The van der Waals surface area contributed by atoms with Gasteiger partial charge in [-0.2, -0.15) is 0 Å². The summed E-state index contributed by atoms with van der Waals surface area (Å²) in [7, 11) is 0.131. The molecule has 0 heterocycles. The van der Waals surface area contributed by atoms with Crippen LogP contribution in [0.2, 0.25) is 0 Å². The lowest BCUT2D eigenvalue weighted by molar-refractivity contribution is 0.254. The molecule has 52 valence electrons. The summed E-state index contributed by atoms with van der Waals surface area (Å²) in [6.45, 7) is 0. The minimum atomic E-state index is -0.690. The quantitative estimate of drug-likeness (QED) is 0.522. The van der Waals surface area contributed by atoms with Crippen molar-refractivity contribution in [2.45, 2.75) is 37.5 Å². The fourth-order valence-electron chi connectivity index (χ4n) is 1.20. The van der Waals surface area contributed by atoms with Crippen molar-refractivity contribution in [1.82, 2.24) is 0 Å². The minimum Gasteiger partial charge on any atom is -0.275 e. The first kappa shape index (κ1) is 7.14. The molecule has 0 spiro atoms. The van der Waals surface area contributed by atoms with Crippen molar-refractivity contribution in [3.63, 3.8) is 0 Å². The Morgan fingerprint density at radius 1 is 1.44 bits per heavy atom. The Balaban J connectivity index is 2.31. The molecule has 3 heteroatoms. The molecule has 0 aliphatic heterocycles. The van der Waals surface area contributed by atoms with E-state index >= 15 is 0 Å². The van der Waals surface area contributed by atoms with Gasteiger partial charge in [0.1, 0.15) is 6.17 Å². The highest BCUT2D eigenvalue weighted by atomic mass is 31.1. The lowest BCUT2D eigenvalue weighted by Gasteiger charge is -2.18. The summed E-state index contributed by atoms with van der Waals surface area (Å²) in [5.41, 5.74) is 0.105. The molecule has 0 saturated heterocycles. The molecule has 1 aliphatic rings. The number of alkyl halides is 1. The molecule has 2 atom stereocenters. The molecule has 0 amide bonds. The third-order valence-electron chi connectivity index (χ3n) is 1.73. The predicted molar refractivity (Wildman–Crippen MR) is 34.8 cm³/mol. The Kier molecular flexibility index (Phi) is 2.59. The average molecular weight is 148 g/mol. The van der Waals surface area contributed by atoms with Gasteiger partial charge in [0.25, 0.3) is 0 Å². The average Bonchev–Trinajstić information content (AvgIpc) is 1.88. The summed E-state index contributed by atoms with van der Waals surface area (Å²) in [4.78, 5) is 0. The Morgan fingerprint density at radius 2 is 2.22 bits per heavy atom. The van der Waals surface area contributed by atoms with Gasteiger partial charge < -0.3 is 0 Å². The molecule has 1 rings (SSSR count). The number of rotatable bonds is 1. The smallest absolute Gasteiger partial charge is 0.158 e. The first-order chi connectivity index (χ1) is 4.33. The Hall–Kier alpha value is 0.0300. The Morgan fingerprint density at radius 3 is 2.67 bits per heavy atom. The monoisotopic (exact) mass is 148 g/mol. The van der Waals surface area contributed by atoms with Gasteiger partial charge in [-0.15, -0.1) is 0 Å². The van der Waals surface area contributed by atoms with Crippen molar-refractivity contribution in [3.05, 3.63) is 0 Å². The van der Waals surface area contributed by atoms with Crippen LogP contribution in [0.15, 0.2) is 0 Å². The summed E-state index contributed by atoms with van der Waals surface area (Å²) in [5.74, 6) is 0. The van der Waals surface area contributed by atoms with Gasteiger partial charge in [0.05, 0.1) is 0 Å². The van der Waals surface area contributed by atoms with E-state index in [1.807, 2.05) is 0 Å². The van der Waals surface area contributed by atoms with E-state index in [1.165, 1.54) is 0 Å². The fraction of sp³-hybridized carbons (Fsp3) is 1.00. The van der Waals surface area contributed by atoms with Crippen LogP contribution in [0.25, 0.3) is 0 Å². The Labute approximate surface area is 55.8 Å². The SMILES string of the molecule is O=PC1CCCC(F)C1. The second-order valence-electron chi connectivity index (χ2n) is 2.52. The maximum Gasteiger partial charge on any atom is 0.158 e. The van der Waals surface area contributed by atoms with E-state index in [1.54, 1.807) is 0 Å². The standard InChI is InChI=1S/C6H10FOP/c7-5-2-1-3-6(4-5)9-8/h5-6H,1-4H2. The van der Waals surface area contributed by atoms with Gasteiger partial charge in [-0.3, -0.25) is 4.57 Å². The zero-order chi connectivity index (χ0) is 6.69. The van der Waals surface area contributed by atoms with Crippen molar-refractivity contribution in [2.75, 3.05) is 0 Å². The molecular weight excluding hydrogens is 138 g/mol. The second-order valence-corrected chi connectivity index (χ2v) is 3.46. The van der Waals surface area contributed by atoms with E-state index in [0.717, 1.165) is 12.8 Å². The first-order valence-electron chi connectivity index (χ1n) is 3.29. The summed E-state index contributed by atoms with van der Waals surface area (Å²) in [6.07, 6.45) is 2.33. The second kappa shape index (κ2) is 3.26. The van der Waals surface area contributed by atoms with Crippen LogP contribution >= 0.6 is 8.46 Å². The lowest BCUT2D eigenvalue weighted by atomic mass is 9.98. The molecule has 0 bridgehead atoms. The van der Waals surface area contributed by atoms with Gasteiger partial charge in [-0.1, -0.05) is 0 Å². The van der Waals surface area contributed by atoms with Crippen LogP contribution < -0.4 is 0 Å². The fourth-order valence-corrected chi connectivity index (χ4v) is 1.80. The van der Waals surface area contributed by atoms with Gasteiger partial charge in [0, 0.05) is 5.66 Å². The van der Waals surface area contributed by atoms with Gasteiger partial charge in [-0.25, -0.2) is 4.39 Å². The molecule has 1 aliphatic carbocycles. The molecule has 0 N–H and O–H groups in total. The number of hydrogen-bond acceptors (Lipinski definition) is 1. The zero-order valence-electron chi connectivity index (χ0n) is 5.22. The normalized spacial score (nSPS) is 37.0. The van der Waals surface area contributed by atoms with E-state index < -0.39 is 6.17 Å². The predicted octanol–water partition coefficient (Wildman–Crippen LogP) is 2.56. The first-order valence-corrected chi connectivity index (χ1v) is 4.17. The molecule has 0 radical (unpaired) electrons. The van der Waals surface area contributed by atoms with Crippen LogP contribution in [0.4, 0.5) is 4.39 Å². The van der Waals surface area contributed by atoms with Gasteiger partial charge in [0.2, 0.25) is 0 Å². The molecule has 9 heavy (non-hydrogen) atoms. The Bertz CT molecular complexity index is 107. The molecule has 0 aromatic carbocycles. The third-order valence-corrected chi connectivity index (χ3v) is 2.50. The van der Waals surface area contributed by atoms with Crippen molar-refractivity contribution in [3.8, 4) is 0 Å². The zero-order valence-corrected chi connectivity index (χ0v) is 6.11. The maximum atomic E-state index is 12.5. The van der Waals surface area contributed by atoms with E-state index in [2.05, 4.69) is 0 Å². The highest BCUT2D eigenvalue weighted by molar-refractivity contribution is 7.24. The summed E-state index contributed by atoms with van der Waals surface area (Å²) in [6, 6.07) is 0. The summed E-state index contributed by atoms with van der Waals surface area (Å²) < 4.78 is 22.7. The largest absolute Gasteiger partial charge is 0.275 e. The van der Waals surface area contributed by atoms with Gasteiger partial charge in [0.15, 0.2) is 8.46 Å². The number of hydrogen-bond donors (Lipinski definition) is 0. The highest BCUT2D eigenvalue weighted by Gasteiger charge is 2.20. The van der Waals surface area contributed by atoms with Gasteiger partial charge in [-0.05, 0) is 25.7 Å². The van der Waals surface area contributed by atoms with Crippen LogP contribution in [-0.2, 0) is 4.57 Å². The highest BCUT2D eigenvalue weighted by Crippen LogP contribution is 2.28. The van der Waals surface area contributed by atoms with Crippen LogP contribution in [0.1, 0.15) is 25.7 Å².